The number of carboxylic acids is 1. The van der Waals surface area contributed by atoms with Crippen molar-refractivity contribution in [2.24, 2.45) is 17.3 Å². The summed E-state index contributed by atoms with van der Waals surface area (Å²) >= 11 is 0. The molecule has 8 heteroatoms. The third-order valence-electron chi connectivity index (χ3n) is 8.20. The van der Waals surface area contributed by atoms with E-state index in [4.69, 9.17) is 14.2 Å². The SMILES string of the molecule is COc1ccc(-c2ncc(CC(C)(C)C)cn2)c(OC2CCC(COc3cc(C(CC(=O)O)C4CC4)ccn3)CC2)c1. The lowest BCUT2D eigenvalue weighted by Crippen LogP contribution is -2.27. The molecule has 8 nitrogen and oxygen atoms in total. The molecule has 42 heavy (non-hydrogen) atoms. The van der Waals surface area contributed by atoms with Crippen LogP contribution in [0, 0.1) is 17.3 Å². The van der Waals surface area contributed by atoms with Crippen LogP contribution in [0.3, 0.4) is 0 Å². The smallest absolute Gasteiger partial charge is 0.303 e. The van der Waals surface area contributed by atoms with Crippen molar-refractivity contribution in [2.45, 2.75) is 84.2 Å². The predicted octanol–water partition coefficient (Wildman–Crippen LogP) is 7.12. The molecule has 2 heterocycles. The molecule has 0 radical (unpaired) electrons. The molecule has 2 aromatic heterocycles. The minimum atomic E-state index is -0.757. The summed E-state index contributed by atoms with van der Waals surface area (Å²) in [7, 11) is 1.66. The largest absolute Gasteiger partial charge is 0.497 e. The van der Waals surface area contributed by atoms with Crippen LogP contribution in [0.1, 0.15) is 82.8 Å². The van der Waals surface area contributed by atoms with Gasteiger partial charge < -0.3 is 19.3 Å². The number of hydrogen-bond acceptors (Lipinski definition) is 7. The standard InChI is InChI=1S/C34H43N3O5/c1-34(2,3)18-23-19-36-33(37-20-23)28-12-11-27(40-4)16-30(28)42-26-9-5-22(6-10-26)21-41-31-15-25(13-14-35-31)29(17-32(38)39)24-7-8-24/h11-16,19-20,22,24,26,29H,5-10,17-18,21H2,1-4H3,(H,38,39). The van der Waals surface area contributed by atoms with Gasteiger partial charge in [-0.3, -0.25) is 4.79 Å². The van der Waals surface area contributed by atoms with Gasteiger partial charge in [-0.2, -0.15) is 0 Å². The molecule has 5 rings (SSSR count). The van der Waals surface area contributed by atoms with Gasteiger partial charge in [-0.25, -0.2) is 15.0 Å². The van der Waals surface area contributed by atoms with Gasteiger partial charge in [-0.15, -0.1) is 0 Å². The summed E-state index contributed by atoms with van der Waals surface area (Å²) in [5, 5.41) is 9.35. The Bertz CT molecular complexity index is 1340. The lowest BCUT2D eigenvalue weighted by Gasteiger charge is -2.29. The summed E-state index contributed by atoms with van der Waals surface area (Å²) in [6.07, 6.45) is 12.7. The summed E-state index contributed by atoms with van der Waals surface area (Å²) in [6, 6.07) is 9.68. The van der Waals surface area contributed by atoms with Crippen LogP contribution in [0.15, 0.2) is 48.9 Å². The molecule has 0 bridgehead atoms. The van der Waals surface area contributed by atoms with Crippen molar-refractivity contribution in [1.82, 2.24) is 15.0 Å². The Morgan fingerprint density at radius 3 is 2.38 bits per heavy atom. The Morgan fingerprint density at radius 1 is 1.00 bits per heavy atom. The highest BCUT2D eigenvalue weighted by molar-refractivity contribution is 5.68. The highest BCUT2D eigenvalue weighted by Crippen LogP contribution is 2.45. The van der Waals surface area contributed by atoms with E-state index >= 15 is 0 Å². The normalized spacial score (nSPS) is 19.6. The average molecular weight is 574 g/mol. The molecule has 2 fully saturated rings. The monoisotopic (exact) mass is 573 g/mol. The summed E-state index contributed by atoms with van der Waals surface area (Å²) < 4.78 is 18.1. The van der Waals surface area contributed by atoms with Crippen molar-refractivity contribution in [3.8, 4) is 28.8 Å². The number of aromatic nitrogens is 3. The van der Waals surface area contributed by atoms with Crippen LogP contribution in [0.5, 0.6) is 17.4 Å². The molecular weight excluding hydrogens is 530 g/mol. The van der Waals surface area contributed by atoms with E-state index in [1.165, 1.54) is 0 Å². The van der Waals surface area contributed by atoms with Gasteiger partial charge in [0.15, 0.2) is 5.82 Å². The minimum Gasteiger partial charge on any atom is -0.497 e. The van der Waals surface area contributed by atoms with Crippen LogP contribution >= 0.6 is 0 Å². The van der Waals surface area contributed by atoms with Gasteiger partial charge >= 0.3 is 5.97 Å². The fraction of sp³-hybridized carbons (Fsp3) is 0.529. The lowest BCUT2D eigenvalue weighted by atomic mass is 9.88. The lowest BCUT2D eigenvalue weighted by molar-refractivity contribution is -0.137. The van der Waals surface area contributed by atoms with Crippen LogP contribution in [0.4, 0.5) is 0 Å². The minimum absolute atomic E-state index is 0.0359. The van der Waals surface area contributed by atoms with Gasteiger partial charge in [-0.1, -0.05) is 20.8 Å². The fourth-order valence-electron chi connectivity index (χ4n) is 5.89. The van der Waals surface area contributed by atoms with E-state index in [0.717, 1.165) is 73.1 Å². The molecule has 1 aromatic carbocycles. The van der Waals surface area contributed by atoms with E-state index in [9.17, 15) is 9.90 Å². The van der Waals surface area contributed by atoms with Crippen molar-refractivity contribution in [1.29, 1.82) is 0 Å². The van der Waals surface area contributed by atoms with E-state index in [1.807, 2.05) is 42.7 Å². The number of pyridine rings is 1. The number of carbonyl (C=O) groups is 1. The van der Waals surface area contributed by atoms with E-state index in [0.29, 0.717) is 30.1 Å². The van der Waals surface area contributed by atoms with Gasteiger partial charge in [0.1, 0.15) is 11.5 Å². The van der Waals surface area contributed by atoms with Crippen molar-refractivity contribution >= 4 is 5.97 Å². The van der Waals surface area contributed by atoms with Gasteiger partial charge in [0.2, 0.25) is 5.88 Å². The van der Waals surface area contributed by atoms with E-state index < -0.39 is 5.97 Å². The van der Waals surface area contributed by atoms with Gasteiger partial charge in [-0.05, 0) is 97.4 Å². The second-order valence-electron chi connectivity index (χ2n) is 13.1. The molecule has 2 saturated carbocycles. The molecule has 3 aromatic rings. The first-order valence-electron chi connectivity index (χ1n) is 15.1. The Morgan fingerprint density at radius 2 is 1.74 bits per heavy atom. The summed E-state index contributed by atoms with van der Waals surface area (Å²) in [5.41, 5.74) is 3.17. The van der Waals surface area contributed by atoms with Gasteiger partial charge in [0.25, 0.3) is 0 Å². The molecule has 0 amide bonds. The van der Waals surface area contributed by atoms with Crippen molar-refractivity contribution in [2.75, 3.05) is 13.7 Å². The van der Waals surface area contributed by atoms with E-state index in [-0.39, 0.29) is 23.9 Å². The highest BCUT2D eigenvalue weighted by atomic mass is 16.5. The molecule has 2 aliphatic carbocycles. The van der Waals surface area contributed by atoms with Crippen LogP contribution in [0.25, 0.3) is 11.4 Å². The molecule has 1 N–H and O–H groups in total. The number of benzene rings is 1. The van der Waals surface area contributed by atoms with Crippen LogP contribution in [-0.2, 0) is 11.2 Å². The van der Waals surface area contributed by atoms with Gasteiger partial charge in [0, 0.05) is 30.7 Å². The van der Waals surface area contributed by atoms with Crippen LogP contribution < -0.4 is 14.2 Å². The molecule has 2 aliphatic rings. The number of carboxylic acid groups (broad SMARTS) is 1. The third-order valence-corrected chi connectivity index (χ3v) is 8.20. The Labute approximate surface area is 248 Å². The molecule has 1 unspecified atom stereocenters. The maximum Gasteiger partial charge on any atom is 0.303 e. The fourth-order valence-corrected chi connectivity index (χ4v) is 5.89. The van der Waals surface area contributed by atoms with E-state index in [2.05, 4.69) is 35.7 Å². The van der Waals surface area contributed by atoms with Gasteiger partial charge in [0.05, 0.1) is 31.8 Å². The number of rotatable bonds is 12. The van der Waals surface area contributed by atoms with E-state index in [1.54, 1.807) is 13.3 Å². The summed E-state index contributed by atoms with van der Waals surface area (Å²) in [5.74, 6) is 2.85. The average Bonchev–Trinajstić information content (AvgIpc) is 3.81. The maximum absolute atomic E-state index is 11.4. The maximum atomic E-state index is 11.4. The topological polar surface area (TPSA) is 104 Å². The Hall–Kier alpha value is -3.68. The van der Waals surface area contributed by atoms with Crippen molar-refractivity contribution in [3.05, 3.63) is 60.0 Å². The molecule has 0 aliphatic heterocycles. The van der Waals surface area contributed by atoms with Crippen LogP contribution in [-0.4, -0.2) is 45.8 Å². The summed E-state index contributed by atoms with van der Waals surface area (Å²) in [4.78, 5) is 25.1. The van der Waals surface area contributed by atoms with Crippen molar-refractivity contribution < 1.29 is 24.1 Å². The van der Waals surface area contributed by atoms with Crippen LogP contribution in [0.2, 0.25) is 0 Å². The zero-order valence-electron chi connectivity index (χ0n) is 25.2. The summed E-state index contributed by atoms with van der Waals surface area (Å²) in [6.45, 7) is 7.22. The molecule has 0 spiro atoms. The zero-order chi connectivity index (χ0) is 29.7. The molecule has 0 saturated heterocycles. The third kappa shape index (κ3) is 8.20. The quantitative estimate of drug-likeness (QED) is 0.244. The number of ether oxygens (including phenoxy) is 3. The first kappa shape index (κ1) is 29.8. The molecule has 1 atom stereocenters. The predicted molar refractivity (Wildman–Crippen MR) is 161 cm³/mol. The Balaban J connectivity index is 1.17. The second-order valence-corrected chi connectivity index (χ2v) is 13.1. The second kappa shape index (κ2) is 13.1. The first-order chi connectivity index (χ1) is 20.2. The Kier molecular flexibility index (Phi) is 9.29. The molecule has 224 valence electrons. The first-order valence-corrected chi connectivity index (χ1v) is 15.1. The highest BCUT2D eigenvalue weighted by Gasteiger charge is 2.34. The zero-order valence-corrected chi connectivity index (χ0v) is 25.2. The van der Waals surface area contributed by atoms with Crippen molar-refractivity contribution in [3.63, 3.8) is 0 Å². The molecular formula is C34H43N3O5. The number of nitrogens with zero attached hydrogens (tertiary/aromatic N) is 3. The number of hydrogen-bond donors (Lipinski definition) is 1. The number of aliphatic carboxylic acids is 1. The number of methoxy groups -OCH3 is 1.